The Hall–Kier alpha value is -4.38. The molecule has 0 bridgehead atoms. The monoisotopic (exact) mass is 806 g/mol. The average Bonchev–Trinajstić information content (AvgIpc) is 3.54. The van der Waals surface area contributed by atoms with E-state index in [1.807, 2.05) is 41.5 Å². The summed E-state index contributed by atoms with van der Waals surface area (Å²) in [6.45, 7) is 21.5. The van der Waals surface area contributed by atoms with E-state index >= 15 is 0 Å². The molecule has 2 aliphatic rings. The van der Waals surface area contributed by atoms with Crippen LogP contribution in [-0.4, -0.2) is 142 Å². The number of hydrogen-bond acceptors (Lipinski definition) is 12. The van der Waals surface area contributed by atoms with Gasteiger partial charge in [0.05, 0.1) is 0 Å². The number of hydrogen-bond donors (Lipinski definition) is 1. The molecule has 1 aromatic rings. The number of rotatable bonds is 8. The number of unbranched alkanes of at least 4 members (excludes halogenated alkanes) is 1. The van der Waals surface area contributed by atoms with Crippen molar-refractivity contribution in [3.63, 3.8) is 0 Å². The van der Waals surface area contributed by atoms with Crippen LogP contribution in [0.25, 0.3) is 0 Å². The lowest BCUT2D eigenvalue weighted by Gasteiger charge is -2.34. The molecule has 17 heteroatoms. The van der Waals surface area contributed by atoms with Gasteiger partial charge in [0, 0.05) is 64.0 Å². The first-order valence-electron chi connectivity index (χ1n) is 20.0. The molecule has 0 saturated carbocycles. The summed E-state index contributed by atoms with van der Waals surface area (Å²) < 4.78 is 29.7. The number of ether oxygens (including phenoxy) is 5. The molecule has 0 aromatic carbocycles. The Bertz CT molecular complexity index is 1650. The van der Waals surface area contributed by atoms with Gasteiger partial charge in [0.25, 0.3) is 5.56 Å². The highest BCUT2D eigenvalue weighted by Crippen LogP contribution is 2.20. The van der Waals surface area contributed by atoms with Crippen molar-refractivity contribution in [1.82, 2.24) is 29.2 Å². The molecular formula is C40H66N6O11. The maximum Gasteiger partial charge on any atom is 0.410 e. The molecule has 2 atom stereocenters. The van der Waals surface area contributed by atoms with Gasteiger partial charge >= 0.3 is 29.9 Å². The highest BCUT2D eigenvalue weighted by atomic mass is 16.6. The zero-order valence-corrected chi connectivity index (χ0v) is 35.7. The Labute approximate surface area is 336 Å². The molecule has 0 spiro atoms. The van der Waals surface area contributed by atoms with E-state index in [1.54, 1.807) is 54.5 Å². The van der Waals surface area contributed by atoms with Crippen molar-refractivity contribution >= 4 is 24.2 Å². The summed E-state index contributed by atoms with van der Waals surface area (Å²) in [4.78, 5) is 85.9. The second-order valence-corrected chi connectivity index (χ2v) is 17.5. The molecule has 2 aliphatic heterocycles. The van der Waals surface area contributed by atoms with E-state index in [9.17, 15) is 28.8 Å². The maximum atomic E-state index is 13.3. The summed E-state index contributed by atoms with van der Waals surface area (Å²) in [5.41, 5.74) is -2.78. The first-order valence-corrected chi connectivity index (χ1v) is 20.0. The molecule has 17 nitrogen and oxygen atoms in total. The van der Waals surface area contributed by atoms with E-state index in [0.717, 1.165) is 0 Å². The van der Waals surface area contributed by atoms with Crippen LogP contribution in [0.4, 0.5) is 14.4 Å². The highest BCUT2D eigenvalue weighted by Gasteiger charge is 2.29. The lowest BCUT2D eigenvalue weighted by molar-refractivity contribution is -0.147. The van der Waals surface area contributed by atoms with Gasteiger partial charge in [-0.25, -0.2) is 19.2 Å². The molecule has 3 rings (SSSR count). The lowest BCUT2D eigenvalue weighted by Crippen LogP contribution is -2.47. The number of aryl methyl sites for hydroxylation is 1. The minimum atomic E-state index is -0.722. The third kappa shape index (κ3) is 17.3. The van der Waals surface area contributed by atoms with E-state index in [4.69, 9.17) is 23.7 Å². The van der Waals surface area contributed by atoms with Crippen molar-refractivity contribution in [2.45, 2.75) is 130 Å². The van der Waals surface area contributed by atoms with Crippen LogP contribution in [0.3, 0.4) is 0 Å². The average molecular weight is 807 g/mol. The number of aromatic amines is 1. The maximum absolute atomic E-state index is 13.3. The summed E-state index contributed by atoms with van der Waals surface area (Å²) >= 11 is 0. The van der Waals surface area contributed by atoms with Crippen LogP contribution in [0.15, 0.2) is 27.9 Å². The van der Waals surface area contributed by atoms with Crippen molar-refractivity contribution in [2.24, 2.45) is 0 Å². The quantitative estimate of drug-likeness (QED) is 0.164. The van der Waals surface area contributed by atoms with Gasteiger partial charge in [0.1, 0.15) is 29.5 Å². The molecule has 322 valence electrons. The van der Waals surface area contributed by atoms with Crippen LogP contribution in [-0.2, 0) is 28.5 Å². The van der Waals surface area contributed by atoms with Crippen LogP contribution < -0.4 is 11.2 Å². The van der Waals surface area contributed by atoms with Crippen LogP contribution in [0.2, 0.25) is 0 Å². The number of aromatic nitrogens is 2. The molecule has 1 saturated heterocycles. The predicted molar refractivity (Wildman–Crippen MR) is 213 cm³/mol. The van der Waals surface area contributed by atoms with Gasteiger partial charge in [-0.3, -0.25) is 19.1 Å². The third-order valence-corrected chi connectivity index (χ3v) is 8.78. The van der Waals surface area contributed by atoms with Crippen molar-refractivity contribution in [3.05, 3.63) is 44.8 Å². The Balaban J connectivity index is 1.62. The molecule has 3 heterocycles. The van der Waals surface area contributed by atoms with Crippen LogP contribution in [0.1, 0.15) is 106 Å². The van der Waals surface area contributed by atoms with Gasteiger partial charge in [-0.05, 0) is 114 Å². The first-order chi connectivity index (χ1) is 26.5. The summed E-state index contributed by atoms with van der Waals surface area (Å²) in [5.74, 6) is -0.377. The number of amides is 3. The summed E-state index contributed by atoms with van der Waals surface area (Å²) in [6.07, 6.45) is 4.65. The van der Waals surface area contributed by atoms with Crippen molar-refractivity contribution < 1.29 is 42.9 Å². The normalized spacial score (nSPS) is 19.5. The second-order valence-electron chi connectivity index (χ2n) is 17.5. The zero-order chi connectivity index (χ0) is 42.6. The Morgan fingerprint density at radius 3 is 1.70 bits per heavy atom. The largest absolute Gasteiger partial charge is 0.463 e. The van der Waals surface area contributed by atoms with E-state index in [-0.39, 0.29) is 32.1 Å². The fourth-order valence-corrected chi connectivity index (χ4v) is 6.01. The Kier molecular flexibility index (Phi) is 17.2. The molecule has 0 aliphatic carbocycles. The zero-order valence-electron chi connectivity index (χ0n) is 35.7. The third-order valence-electron chi connectivity index (χ3n) is 8.78. The Morgan fingerprint density at radius 1 is 0.702 bits per heavy atom. The minimum Gasteiger partial charge on any atom is -0.463 e. The van der Waals surface area contributed by atoms with Crippen LogP contribution in [0, 0.1) is 6.92 Å². The van der Waals surface area contributed by atoms with E-state index in [1.165, 1.54) is 10.8 Å². The molecule has 0 unspecified atom stereocenters. The summed E-state index contributed by atoms with van der Waals surface area (Å²) in [6, 6.07) is 0. The van der Waals surface area contributed by atoms with Crippen molar-refractivity contribution in [3.8, 4) is 0 Å². The second kappa shape index (κ2) is 20.9. The van der Waals surface area contributed by atoms with E-state index in [0.29, 0.717) is 77.1 Å². The van der Waals surface area contributed by atoms with Crippen molar-refractivity contribution in [2.75, 3.05) is 65.5 Å². The van der Waals surface area contributed by atoms with Gasteiger partial charge in [-0.1, -0.05) is 6.08 Å². The molecule has 1 N–H and O–H groups in total. The number of carbonyl (C=O) groups excluding carboxylic acids is 4. The van der Waals surface area contributed by atoms with Gasteiger partial charge < -0.3 is 43.3 Å². The molecule has 3 amide bonds. The highest BCUT2D eigenvalue weighted by molar-refractivity contribution is 5.70. The van der Waals surface area contributed by atoms with E-state index < -0.39 is 58.7 Å². The molecule has 1 fully saturated rings. The fourth-order valence-electron chi connectivity index (χ4n) is 6.01. The number of nitrogens with zero attached hydrogens (tertiary/aromatic N) is 5. The number of carbonyl (C=O) groups is 4. The predicted octanol–water partition coefficient (Wildman–Crippen LogP) is 4.82. The van der Waals surface area contributed by atoms with Gasteiger partial charge in [-0.15, -0.1) is 0 Å². The molecule has 0 radical (unpaired) electrons. The van der Waals surface area contributed by atoms with Gasteiger partial charge in [-0.2, -0.15) is 0 Å². The summed E-state index contributed by atoms with van der Waals surface area (Å²) in [5, 5.41) is 0. The SMILES string of the molecule is Cc1cn([C@H]2C=C[C@@H](COC(=O)CCCCN3CCCN(C(=O)OC(C)(C)C)CCN(C(=O)OC(C)(C)C)CCCN(C(=O)OC(C)(C)C)CC3)O2)c(=O)[nH]c1=O. The number of H-pyrrole nitrogens is 1. The smallest absolute Gasteiger partial charge is 0.410 e. The standard InChI is InChI=1S/C40H66N6O11/c1-29-27-46(34(49)41-33(29)48)31-17-16-30(54-31)28-53-32(47)15-11-12-18-42-19-13-20-44(36(51)56-39(5,6)7)25-26-45(37(52)57-40(8,9)10)22-14-21-43(24-23-42)35(50)55-38(2,3)4/h16-17,27,30-31H,11-15,18-26,28H2,1-10H3,(H,41,48,49)/t30-,31+/m0/s1. The van der Waals surface area contributed by atoms with Gasteiger partial charge in [0.15, 0.2) is 6.23 Å². The van der Waals surface area contributed by atoms with E-state index in [2.05, 4.69) is 9.88 Å². The number of esters is 1. The molecule has 1 aromatic heterocycles. The Morgan fingerprint density at radius 2 is 1.19 bits per heavy atom. The van der Waals surface area contributed by atoms with Crippen LogP contribution in [0.5, 0.6) is 0 Å². The topological polar surface area (TPSA) is 182 Å². The summed E-state index contributed by atoms with van der Waals surface area (Å²) in [7, 11) is 0. The molecule has 57 heavy (non-hydrogen) atoms. The lowest BCUT2D eigenvalue weighted by atomic mass is 10.2. The van der Waals surface area contributed by atoms with Crippen LogP contribution >= 0.6 is 0 Å². The van der Waals surface area contributed by atoms with Gasteiger partial charge in [0.2, 0.25) is 0 Å². The molecular weight excluding hydrogens is 740 g/mol. The first kappa shape index (κ1) is 47.0. The fraction of sp³-hybridized carbons (Fsp3) is 0.750. The minimum absolute atomic E-state index is 0.0147. The number of nitrogens with one attached hydrogen (secondary N) is 1. The van der Waals surface area contributed by atoms with Crippen molar-refractivity contribution in [1.29, 1.82) is 0 Å².